The number of methoxy groups -OCH3 is 1. The highest BCUT2D eigenvalue weighted by Gasteiger charge is 2.13. The van der Waals surface area contributed by atoms with E-state index in [-0.39, 0.29) is 6.61 Å². The lowest BCUT2D eigenvalue weighted by Gasteiger charge is -2.22. The molecule has 1 unspecified atom stereocenters. The number of hydrogen-bond donors (Lipinski definition) is 2. The van der Waals surface area contributed by atoms with Crippen molar-refractivity contribution in [1.29, 1.82) is 0 Å². The minimum atomic E-state index is 0.223. The molecule has 0 amide bonds. The van der Waals surface area contributed by atoms with E-state index >= 15 is 0 Å². The predicted molar refractivity (Wildman–Crippen MR) is 74.9 cm³/mol. The van der Waals surface area contributed by atoms with Gasteiger partial charge in [-0.3, -0.25) is 0 Å². The van der Waals surface area contributed by atoms with Crippen LogP contribution in [0.3, 0.4) is 0 Å². The number of ether oxygens (including phenoxy) is 1. The Morgan fingerprint density at radius 1 is 1.33 bits per heavy atom. The van der Waals surface area contributed by atoms with Crippen molar-refractivity contribution in [3.05, 3.63) is 29.3 Å². The van der Waals surface area contributed by atoms with Gasteiger partial charge in [0.25, 0.3) is 0 Å². The summed E-state index contributed by atoms with van der Waals surface area (Å²) in [4.78, 5) is 0. The molecule has 3 nitrogen and oxygen atoms in total. The Hall–Kier alpha value is -1.06. The van der Waals surface area contributed by atoms with Gasteiger partial charge in [0.2, 0.25) is 0 Å². The van der Waals surface area contributed by atoms with Gasteiger partial charge in [0.15, 0.2) is 0 Å². The van der Waals surface area contributed by atoms with Crippen LogP contribution in [0.15, 0.2) is 18.2 Å². The van der Waals surface area contributed by atoms with Gasteiger partial charge in [0.05, 0.1) is 7.11 Å². The monoisotopic (exact) mass is 251 g/mol. The molecular weight excluding hydrogens is 226 g/mol. The third kappa shape index (κ3) is 4.31. The van der Waals surface area contributed by atoms with Crippen molar-refractivity contribution in [1.82, 2.24) is 5.32 Å². The fourth-order valence-corrected chi connectivity index (χ4v) is 2.10. The van der Waals surface area contributed by atoms with Crippen LogP contribution in [0, 0.1) is 12.8 Å². The number of aryl methyl sites for hydroxylation is 1. The second kappa shape index (κ2) is 7.39. The Morgan fingerprint density at radius 2 is 2.06 bits per heavy atom. The van der Waals surface area contributed by atoms with E-state index in [9.17, 15) is 0 Å². The maximum atomic E-state index is 9.06. The molecule has 0 radical (unpaired) electrons. The number of aliphatic hydroxyl groups is 1. The van der Waals surface area contributed by atoms with E-state index in [4.69, 9.17) is 9.84 Å². The van der Waals surface area contributed by atoms with Gasteiger partial charge < -0.3 is 15.2 Å². The van der Waals surface area contributed by atoms with E-state index in [1.807, 2.05) is 6.07 Å². The zero-order chi connectivity index (χ0) is 13.5. The smallest absolute Gasteiger partial charge is 0.123 e. The summed E-state index contributed by atoms with van der Waals surface area (Å²) in [6.07, 6.45) is 0.784. The first-order valence-electron chi connectivity index (χ1n) is 6.56. The topological polar surface area (TPSA) is 41.5 Å². The standard InChI is InChI=1S/C15H25NO2/c1-11(2)14(7-8-17)16-10-13-9-12(3)5-6-15(13)18-4/h5-6,9,11,14,16-17H,7-8,10H2,1-4H3. The molecule has 0 saturated heterocycles. The van der Waals surface area contributed by atoms with E-state index < -0.39 is 0 Å². The lowest BCUT2D eigenvalue weighted by molar-refractivity contribution is 0.243. The first-order chi connectivity index (χ1) is 8.58. The summed E-state index contributed by atoms with van der Waals surface area (Å²) in [6.45, 7) is 7.41. The molecule has 1 rings (SSSR count). The van der Waals surface area contributed by atoms with Crippen LogP contribution in [-0.2, 0) is 6.54 Å². The molecule has 0 aliphatic rings. The van der Waals surface area contributed by atoms with Gasteiger partial charge in [-0.05, 0) is 25.3 Å². The SMILES string of the molecule is COc1ccc(C)cc1CNC(CCO)C(C)C. The molecule has 0 aliphatic carbocycles. The van der Waals surface area contributed by atoms with Crippen molar-refractivity contribution in [3.63, 3.8) is 0 Å². The second-order valence-corrected chi connectivity index (χ2v) is 5.06. The first kappa shape index (κ1) is 15.0. The molecule has 0 aromatic heterocycles. The van der Waals surface area contributed by atoms with Gasteiger partial charge in [-0.2, -0.15) is 0 Å². The van der Waals surface area contributed by atoms with Gasteiger partial charge in [0, 0.05) is 24.8 Å². The molecule has 0 fully saturated rings. The predicted octanol–water partition coefficient (Wildman–Crippen LogP) is 2.50. The quantitative estimate of drug-likeness (QED) is 0.782. The van der Waals surface area contributed by atoms with Gasteiger partial charge >= 0.3 is 0 Å². The number of aliphatic hydroxyl groups excluding tert-OH is 1. The fraction of sp³-hybridized carbons (Fsp3) is 0.600. The van der Waals surface area contributed by atoms with Gasteiger partial charge in [-0.25, -0.2) is 0 Å². The highest BCUT2D eigenvalue weighted by molar-refractivity contribution is 5.36. The Labute approximate surface area is 110 Å². The van der Waals surface area contributed by atoms with Crippen LogP contribution >= 0.6 is 0 Å². The van der Waals surface area contributed by atoms with E-state index in [2.05, 4.69) is 38.2 Å². The molecule has 0 spiro atoms. The zero-order valence-electron chi connectivity index (χ0n) is 11.9. The molecule has 18 heavy (non-hydrogen) atoms. The zero-order valence-corrected chi connectivity index (χ0v) is 11.9. The molecular formula is C15H25NO2. The minimum absolute atomic E-state index is 0.223. The average Bonchev–Trinajstić information content (AvgIpc) is 2.34. The van der Waals surface area contributed by atoms with Crippen LogP contribution in [-0.4, -0.2) is 24.9 Å². The maximum absolute atomic E-state index is 9.06. The molecule has 1 aromatic carbocycles. The summed E-state index contributed by atoms with van der Waals surface area (Å²) in [6, 6.07) is 6.53. The van der Waals surface area contributed by atoms with E-state index in [0.717, 1.165) is 18.7 Å². The van der Waals surface area contributed by atoms with Crippen molar-refractivity contribution in [2.45, 2.75) is 39.8 Å². The molecule has 1 atom stereocenters. The Kier molecular flexibility index (Phi) is 6.16. The molecule has 3 heteroatoms. The number of benzene rings is 1. The Morgan fingerprint density at radius 3 is 2.61 bits per heavy atom. The lowest BCUT2D eigenvalue weighted by Crippen LogP contribution is -2.34. The van der Waals surface area contributed by atoms with E-state index in [1.54, 1.807) is 7.11 Å². The molecule has 2 N–H and O–H groups in total. The van der Waals surface area contributed by atoms with Crippen molar-refractivity contribution < 1.29 is 9.84 Å². The second-order valence-electron chi connectivity index (χ2n) is 5.06. The fourth-order valence-electron chi connectivity index (χ4n) is 2.10. The third-order valence-corrected chi connectivity index (χ3v) is 3.24. The maximum Gasteiger partial charge on any atom is 0.123 e. The van der Waals surface area contributed by atoms with Crippen molar-refractivity contribution >= 4 is 0 Å². The van der Waals surface area contributed by atoms with Crippen LogP contribution in [0.1, 0.15) is 31.4 Å². The van der Waals surface area contributed by atoms with Crippen LogP contribution in [0.5, 0.6) is 5.75 Å². The molecule has 102 valence electrons. The van der Waals surface area contributed by atoms with E-state index in [1.165, 1.54) is 11.1 Å². The summed E-state index contributed by atoms with van der Waals surface area (Å²) >= 11 is 0. The highest BCUT2D eigenvalue weighted by atomic mass is 16.5. The molecule has 0 bridgehead atoms. The normalized spacial score (nSPS) is 12.8. The van der Waals surface area contributed by atoms with Crippen LogP contribution < -0.4 is 10.1 Å². The first-order valence-corrected chi connectivity index (χ1v) is 6.56. The molecule has 1 aromatic rings. The molecule has 0 saturated carbocycles. The summed E-state index contributed by atoms with van der Waals surface area (Å²) in [5.74, 6) is 1.42. The van der Waals surface area contributed by atoms with Crippen molar-refractivity contribution in [3.8, 4) is 5.75 Å². The van der Waals surface area contributed by atoms with Crippen molar-refractivity contribution in [2.75, 3.05) is 13.7 Å². The number of rotatable bonds is 7. The van der Waals surface area contributed by atoms with Crippen LogP contribution in [0.2, 0.25) is 0 Å². The average molecular weight is 251 g/mol. The van der Waals surface area contributed by atoms with Gasteiger partial charge in [0.1, 0.15) is 5.75 Å². The van der Waals surface area contributed by atoms with Gasteiger partial charge in [-0.1, -0.05) is 31.5 Å². The number of hydrogen-bond acceptors (Lipinski definition) is 3. The Bertz CT molecular complexity index is 364. The van der Waals surface area contributed by atoms with Crippen molar-refractivity contribution in [2.24, 2.45) is 5.92 Å². The van der Waals surface area contributed by atoms with Crippen LogP contribution in [0.25, 0.3) is 0 Å². The molecule has 0 heterocycles. The lowest BCUT2D eigenvalue weighted by atomic mass is 10.0. The molecule has 0 aliphatic heterocycles. The Balaban J connectivity index is 2.68. The largest absolute Gasteiger partial charge is 0.496 e. The summed E-state index contributed by atoms with van der Waals surface area (Å²) in [5, 5.41) is 12.6. The van der Waals surface area contributed by atoms with Crippen LogP contribution in [0.4, 0.5) is 0 Å². The summed E-state index contributed by atoms with van der Waals surface area (Å²) < 4.78 is 5.36. The minimum Gasteiger partial charge on any atom is -0.496 e. The number of nitrogens with one attached hydrogen (secondary N) is 1. The van der Waals surface area contributed by atoms with Gasteiger partial charge in [-0.15, -0.1) is 0 Å². The summed E-state index contributed by atoms with van der Waals surface area (Å²) in [7, 11) is 1.70. The summed E-state index contributed by atoms with van der Waals surface area (Å²) in [5.41, 5.74) is 2.40. The highest BCUT2D eigenvalue weighted by Crippen LogP contribution is 2.20. The van der Waals surface area contributed by atoms with E-state index in [0.29, 0.717) is 12.0 Å². The third-order valence-electron chi connectivity index (χ3n) is 3.24.